The van der Waals surface area contributed by atoms with E-state index < -0.39 is 28.1 Å². The maximum Gasteiger partial charge on any atom is 0.338 e. The lowest BCUT2D eigenvalue weighted by atomic mass is 10.2. The van der Waals surface area contributed by atoms with E-state index in [1.807, 2.05) is 0 Å². The molecular weight excluding hydrogens is 299 g/mol. The summed E-state index contributed by atoms with van der Waals surface area (Å²) in [6.45, 7) is 0. The second kappa shape index (κ2) is 3.84. The van der Waals surface area contributed by atoms with Gasteiger partial charge in [-0.2, -0.15) is 0 Å². The van der Waals surface area contributed by atoms with Gasteiger partial charge in [-0.05, 0) is 15.9 Å². The largest absolute Gasteiger partial charge is 0.503 e. The average Bonchev–Trinajstić information content (AvgIpc) is 2.11. The van der Waals surface area contributed by atoms with Gasteiger partial charge in [0.25, 0.3) is 0 Å². The van der Waals surface area contributed by atoms with E-state index in [9.17, 15) is 15.0 Å². The summed E-state index contributed by atoms with van der Waals surface area (Å²) in [5.74, 6) is -2.71. The summed E-state index contributed by atoms with van der Waals surface area (Å²) in [7, 11) is 0. The molecule has 76 valence electrons. The zero-order chi connectivity index (χ0) is 11.0. The van der Waals surface area contributed by atoms with Crippen LogP contribution in [-0.4, -0.2) is 21.3 Å². The number of hydrogen-bond donors (Lipinski definition) is 3. The van der Waals surface area contributed by atoms with Crippen molar-refractivity contribution in [3.63, 3.8) is 0 Å². The Kier molecular flexibility index (Phi) is 3.14. The van der Waals surface area contributed by atoms with E-state index in [0.29, 0.717) is 0 Å². The van der Waals surface area contributed by atoms with Gasteiger partial charge < -0.3 is 15.3 Å². The highest BCUT2D eigenvalue weighted by atomic mass is 79.9. The normalized spacial score (nSPS) is 10.2. The van der Waals surface area contributed by atoms with Gasteiger partial charge in [-0.3, -0.25) is 0 Å². The van der Waals surface area contributed by atoms with Gasteiger partial charge in [0, 0.05) is 0 Å². The van der Waals surface area contributed by atoms with Crippen molar-refractivity contribution >= 4 is 45.1 Å². The number of carboxylic acids is 1. The molecule has 3 N–H and O–H groups in total. The molecule has 0 aromatic heterocycles. The van der Waals surface area contributed by atoms with Crippen LogP contribution in [0.3, 0.4) is 0 Å². The van der Waals surface area contributed by atoms with Gasteiger partial charge in [0.15, 0.2) is 11.5 Å². The maximum atomic E-state index is 10.7. The predicted octanol–water partition coefficient (Wildman–Crippen LogP) is 2.87. The molecule has 0 aliphatic heterocycles. The van der Waals surface area contributed by atoms with E-state index in [1.165, 1.54) is 0 Å². The number of carboxylic acid groups (broad SMARTS) is 1. The lowest BCUT2D eigenvalue weighted by molar-refractivity contribution is 0.0696. The van der Waals surface area contributed by atoms with Gasteiger partial charge in [0.2, 0.25) is 0 Å². The molecule has 4 nitrogen and oxygen atoms in total. The molecule has 0 aliphatic carbocycles. The molecule has 0 unspecified atom stereocenters. The number of rotatable bonds is 1. The van der Waals surface area contributed by atoms with Crippen LogP contribution in [-0.2, 0) is 0 Å². The fraction of sp³-hybridized carbons (Fsp3) is 0. The van der Waals surface area contributed by atoms with Crippen LogP contribution in [0.2, 0.25) is 10.0 Å². The molecule has 1 aromatic rings. The molecule has 0 saturated carbocycles. The van der Waals surface area contributed by atoms with Crippen molar-refractivity contribution < 1.29 is 20.1 Å². The van der Waals surface area contributed by atoms with Gasteiger partial charge >= 0.3 is 5.97 Å². The van der Waals surface area contributed by atoms with E-state index >= 15 is 0 Å². The topological polar surface area (TPSA) is 77.8 Å². The fourth-order valence-corrected chi connectivity index (χ4v) is 1.79. The van der Waals surface area contributed by atoms with Gasteiger partial charge in [0.05, 0.1) is 9.50 Å². The van der Waals surface area contributed by atoms with Gasteiger partial charge in [-0.15, -0.1) is 0 Å². The summed E-state index contributed by atoms with van der Waals surface area (Å²) >= 11 is 13.9. The quantitative estimate of drug-likeness (QED) is 0.550. The van der Waals surface area contributed by atoms with Crippen LogP contribution in [0.15, 0.2) is 4.47 Å². The number of phenols is 2. The van der Waals surface area contributed by atoms with Crippen molar-refractivity contribution in [1.29, 1.82) is 0 Å². The Hall–Kier alpha value is -0.650. The monoisotopic (exact) mass is 300 g/mol. The summed E-state index contributed by atoms with van der Waals surface area (Å²) in [6.07, 6.45) is 0. The summed E-state index contributed by atoms with van der Waals surface area (Å²) in [6, 6.07) is 0. The number of carbonyl (C=O) groups is 1. The molecule has 0 atom stereocenters. The van der Waals surface area contributed by atoms with Crippen molar-refractivity contribution in [1.82, 2.24) is 0 Å². The minimum absolute atomic E-state index is 0.113. The van der Waals surface area contributed by atoms with E-state index in [2.05, 4.69) is 15.9 Å². The molecule has 14 heavy (non-hydrogen) atoms. The van der Waals surface area contributed by atoms with Crippen LogP contribution in [0.1, 0.15) is 10.4 Å². The number of halogens is 3. The highest BCUT2D eigenvalue weighted by Gasteiger charge is 2.24. The Morgan fingerprint density at radius 2 is 1.64 bits per heavy atom. The molecule has 1 aromatic carbocycles. The van der Waals surface area contributed by atoms with Crippen molar-refractivity contribution in [2.24, 2.45) is 0 Å². The minimum atomic E-state index is -1.39. The smallest absolute Gasteiger partial charge is 0.338 e. The molecule has 0 amide bonds. The van der Waals surface area contributed by atoms with Crippen molar-refractivity contribution in [2.75, 3.05) is 0 Å². The molecular formula is C7H3BrCl2O4. The Labute approximate surface area is 96.8 Å². The predicted molar refractivity (Wildman–Crippen MR) is 54.5 cm³/mol. The lowest BCUT2D eigenvalue weighted by Gasteiger charge is -2.08. The summed E-state index contributed by atoms with van der Waals surface area (Å²) in [4.78, 5) is 10.7. The molecule has 0 spiro atoms. The van der Waals surface area contributed by atoms with E-state index in [-0.39, 0.29) is 9.50 Å². The van der Waals surface area contributed by atoms with Crippen molar-refractivity contribution in [3.8, 4) is 11.5 Å². The SMILES string of the molecule is O=C(O)c1c(Cl)c(O)c(O)c(Br)c1Cl. The first-order valence-electron chi connectivity index (χ1n) is 3.19. The second-order valence-corrected chi connectivity index (χ2v) is 3.87. The molecule has 0 aliphatic rings. The first kappa shape index (κ1) is 11.4. The highest BCUT2D eigenvalue weighted by molar-refractivity contribution is 9.10. The fourth-order valence-electron chi connectivity index (χ4n) is 0.824. The summed E-state index contributed by atoms with van der Waals surface area (Å²) in [5, 5.41) is 26.4. The Bertz CT molecular complexity index is 390. The first-order chi connectivity index (χ1) is 6.37. The van der Waals surface area contributed by atoms with E-state index in [0.717, 1.165) is 0 Å². The number of aromatic hydroxyl groups is 2. The summed E-state index contributed by atoms with van der Waals surface area (Å²) in [5.41, 5.74) is -0.462. The van der Waals surface area contributed by atoms with Crippen LogP contribution in [0.4, 0.5) is 0 Å². The Morgan fingerprint density at radius 1 is 1.14 bits per heavy atom. The van der Waals surface area contributed by atoms with Crippen LogP contribution >= 0.6 is 39.1 Å². The van der Waals surface area contributed by atoms with Crippen molar-refractivity contribution in [3.05, 3.63) is 20.1 Å². The van der Waals surface area contributed by atoms with Crippen LogP contribution in [0.25, 0.3) is 0 Å². The van der Waals surface area contributed by atoms with Crippen LogP contribution in [0.5, 0.6) is 11.5 Å². The maximum absolute atomic E-state index is 10.7. The van der Waals surface area contributed by atoms with Crippen LogP contribution < -0.4 is 0 Å². The van der Waals surface area contributed by atoms with Crippen LogP contribution in [0, 0.1) is 0 Å². The Morgan fingerprint density at radius 3 is 2.07 bits per heavy atom. The third-order valence-corrected chi connectivity index (χ3v) is 3.23. The zero-order valence-electron chi connectivity index (χ0n) is 6.38. The minimum Gasteiger partial charge on any atom is -0.503 e. The standard InChI is InChI=1S/C7H3BrCl2O4/c8-2-3(9)1(7(13)14)4(10)6(12)5(2)11/h11-12H,(H,13,14). The van der Waals surface area contributed by atoms with Gasteiger partial charge in [0.1, 0.15) is 10.6 Å². The average molecular weight is 302 g/mol. The molecule has 7 heteroatoms. The lowest BCUT2D eigenvalue weighted by Crippen LogP contribution is -1.99. The van der Waals surface area contributed by atoms with E-state index in [4.69, 9.17) is 28.3 Å². The molecule has 0 bridgehead atoms. The zero-order valence-corrected chi connectivity index (χ0v) is 9.48. The number of phenolic OH excluding ortho intramolecular Hbond substituents is 2. The molecule has 0 heterocycles. The summed E-state index contributed by atoms with van der Waals surface area (Å²) < 4.78 is -0.113. The first-order valence-corrected chi connectivity index (χ1v) is 4.74. The third kappa shape index (κ3) is 1.63. The Balaban J connectivity index is 3.68. The molecule has 0 radical (unpaired) electrons. The third-order valence-electron chi connectivity index (χ3n) is 1.49. The van der Waals surface area contributed by atoms with E-state index in [1.54, 1.807) is 0 Å². The second-order valence-electron chi connectivity index (χ2n) is 2.32. The highest BCUT2D eigenvalue weighted by Crippen LogP contribution is 2.46. The number of benzene rings is 1. The number of hydrogen-bond acceptors (Lipinski definition) is 3. The van der Waals surface area contributed by atoms with Crippen molar-refractivity contribution in [2.45, 2.75) is 0 Å². The molecule has 0 fully saturated rings. The molecule has 1 rings (SSSR count). The van der Waals surface area contributed by atoms with Gasteiger partial charge in [-0.25, -0.2) is 4.79 Å². The molecule has 0 saturated heterocycles. The van der Waals surface area contributed by atoms with Gasteiger partial charge in [-0.1, -0.05) is 23.2 Å². The number of aromatic carboxylic acids is 1.